The third-order valence-electron chi connectivity index (χ3n) is 4.24. The average molecular weight is 292 g/mol. The molecule has 0 bridgehead atoms. The fourth-order valence-electron chi connectivity index (χ4n) is 3.18. The first-order chi connectivity index (χ1) is 9.86. The second kappa shape index (κ2) is 6.93. The molecule has 0 aromatic carbocycles. The molecule has 0 spiro atoms. The van der Waals surface area contributed by atoms with Gasteiger partial charge in [0, 0.05) is 43.4 Å². The van der Waals surface area contributed by atoms with Crippen LogP contribution in [-0.4, -0.2) is 40.4 Å². The Labute approximate surface area is 129 Å². The lowest BCUT2D eigenvalue weighted by Crippen LogP contribution is -2.41. The number of nitrogens with one attached hydrogen (secondary N) is 1. The highest BCUT2D eigenvalue weighted by Crippen LogP contribution is 2.24. The first-order valence-electron chi connectivity index (χ1n) is 8.35. The monoisotopic (exact) mass is 292 g/mol. The number of aromatic nitrogens is 2. The molecule has 120 valence electrons. The van der Waals surface area contributed by atoms with Crippen LogP contribution < -0.4 is 5.32 Å². The summed E-state index contributed by atoms with van der Waals surface area (Å²) >= 11 is 0. The van der Waals surface area contributed by atoms with Gasteiger partial charge in [-0.2, -0.15) is 5.10 Å². The number of piperidine rings is 1. The maximum Gasteiger partial charge on any atom is 0.0722 e. The molecule has 1 aliphatic rings. The molecule has 1 aliphatic heterocycles. The van der Waals surface area contributed by atoms with Gasteiger partial charge in [0.2, 0.25) is 0 Å². The van der Waals surface area contributed by atoms with E-state index in [1.807, 2.05) is 11.7 Å². The van der Waals surface area contributed by atoms with Gasteiger partial charge in [-0.1, -0.05) is 27.2 Å². The van der Waals surface area contributed by atoms with Gasteiger partial charge < -0.3 is 10.2 Å². The van der Waals surface area contributed by atoms with Crippen LogP contribution in [-0.2, 0) is 19.0 Å². The van der Waals surface area contributed by atoms with Gasteiger partial charge in [0.1, 0.15) is 0 Å². The van der Waals surface area contributed by atoms with E-state index in [2.05, 4.69) is 49.2 Å². The van der Waals surface area contributed by atoms with E-state index in [0.29, 0.717) is 6.04 Å². The van der Waals surface area contributed by atoms with Crippen LogP contribution in [0.5, 0.6) is 0 Å². The third kappa shape index (κ3) is 4.82. The fraction of sp³-hybridized carbons (Fsp3) is 0.824. The Morgan fingerprint density at radius 2 is 1.90 bits per heavy atom. The molecule has 1 fully saturated rings. The highest BCUT2D eigenvalue weighted by atomic mass is 15.3. The van der Waals surface area contributed by atoms with Crippen molar-refractivity contribution in [1.29, 1.82) is 0 Å². The Morgan fingerprint density at radius 1 is 1.24 bits per heavy atom. The first-order valence-corrected chi connectivity index (χ1v) is 8.35. The van der Waals surface area contributed by atoms with Crippen LogP contribution in [0, 0.1) is 0 Å². The van der Waals surface area contributed by atoms with E-state index < -0.39 is 0 Å². The predicted octanol–water partition coefficient (Wildman–Crippen LogP) is 2.68. The fourth-order valence-corrected chi connectivity index (χ4v) is 3.18. The van der Waals surface area contributed by atoms with E-state index in [9.17, 15) is 0 Å². The lowest BCUT2D eigenvalue weighted by molar-refractivity contribution is 0.209. The molecule has 1 N–H and O–H groups in total. The quantitative estimate of drug-likeness (QED) is 0.906. The molecule has 4 heteroatoms. The van der Waals surface area contributed by atoms with Gasteiger partial charge in [0.15, 0.2) is 0 Å². The predicted molar refractivity (Wildman–Crippen MR) is 88.5 cm³/mol. The van der Waals surface area contributed by atoms with Crippen LogP contribution in [0.4, 0.5) is 0 Å². The third-order valence-corrected chi connectivity index (χ3v) is 4.24. The number of likely N-dealkylation sites (tertiary alicyclic amines) is 1. The number of nitrogens with zero attached hydrogens (tertiary/aromatic N) is 3. The summed E-state index contributed by atoms with van der Waals surface area (Å²) in [6.07, 6.45) is 6.29. The topological polar surface area (TPSA) is 33.1 Å². The molecule has 0 saturated carbocycles. The largest absolute Gasteiger partial charge is 0.309 e. The van der Waals surface area contributed by atoms with Crippen LogP contribution in [0.1, 0.15) is 58.2 Å². The van der Waals surface area contributed by atoms with Crippen molar-refractivity contribution in [2.75, 3.05) is 19.6 Å². The van der Waals surface area contributed by atoms with Gasteiger partial charge in [-0.25, -0.2) is 0 Å². The van der Waals surface area contributed by atoms with Gasteiger partial charge in [0.05, 0.1) is 5.69 Å². The van der Waals surface area contributed by atoms with E-state index in [1.54, 1.807) is 0 Å². The molecule has 2 heterocycles. The summed E-state index contributed by atoms with van der Waals surface area (Å²) in [5.74, 6) is 0. The smallest absolute Gasteiger partial charge is 0.0722 e. The Balaban J connectivity index is 1.87. The Hall–Kier alpha value is -0.870. The van der Waals surface area contributed by atoms with E-state index in [0.717, 1.165) is 13.1 Å². The molecule has 0 radical (unpaired) electrons. The molecule has 0 aliphatic carbocycles. The van der Waals surface area contributed by atoms with Gasteiger partial charge in [0.25, 0.3) is 0 Å². The minimum atomic E-state index is 0.106. The second-order valence-electron chi connectivity index (χ2n) is 7.57. The van der Waals surface area contributed by atoms with Crippen molar-refractivity contribution in [1.82, 2.24) is 20.0 Å². The molecule has 0 amide bonds. The minimum Gasteiger partial charge on any atom is -0.309 e. The molecule has 2 rings (SSSR count). The van der Waals surface area contributed by atoms with Gasteiger partial charge in [-0.15, -0.1) is 0 Å². The minimum absolute atomic E-state index is 0.106. The second-order valence-corrected chi connectivity index (χ2v) is 7.57. The van der Waals surface area contributed by atoms with Crippen molar-refractivity contribution in [3.05, 3.63) is 17.5 Å². The van der Waals surface area contributed by atoms with Crippen molar-refractivity contribution in [2.24, 2.45) is 7.05 Å². The van der Waals surface area contributed by atoms with Gasteiger partial charge >= 0.3 is 0 Å². The van der Waals surface area contributed by atoms with Crippen molar-refractivity contribution in [2.45, 2.75) is 65.0 Å². The highest BCUT2D eigenvalue weighted by Gasteiger charge is 2.22. The normalized spacial score (nSPS) is 18.9. The van der Waals surface area contributed by atoms with Gasteiger partial charge in [-0.3, -0.25) is 4.68 Å². The molecule has 1 saturated heterocycles. The zero-order valence-corrected chi connectivity index (χ0v) is 14.4. The van der Waals surface area contributed by atoms with E-state index in [1.165, 1.54) is 43.6 Å². The zero-order valence-electron chi connectivity index (χ0n) is 14.4. The molecule has 1 aromatic rings. The van der Waals surface area contributed by atoms with Crippen LogP contribution in [0.25, 0.3) is 0 Å². The van der Waals surface area contributed by atoms with E-state index in [4.69, 9.17) is 0 Å². The Morgan fingerprint density at radius 3 is 2.52 bits per heavy atom. The summed E-state index contributed by atoms with van der Waals surface area (Å²) in [7, 11) is 2.01. The molecule has 1 aromatic heterocycles. The van der Waals surface area contributed by atoms with Crippen molar-refractivity contribution in [3.63, 3.8) is 0 Å². The summed E-state index contributed by atoms with van der Waals surface area (Å²) in [5, 5.41) is 8.32. The molecular formula is C17H32N4. The molecule has 1 atom stereocenters. The van der Waals surface area contributed by atoms with Gasteiger partial charge in [-0.05, 0) is 32.9 Å². The molecule has 1 unspecified atom stereocenters. The summed E-state index contributed by atoms with van der Waals surface area (Å²) in [5.41, 5.74) is 2.65. The van der Waals surface area contributed by atoms with E-state index in [-0.39, 0.29) is 5.41 Å². The lowest BCUT2D eigenvalue weighted by Gasteiger charge is -2.29. The molecular weight excluding hydrogens is 260 g/mol. The number of rotatable bonds is 5. The lowest BCUT2D eigenvalue weighted by atomic mass is 9.89. The molecule has 4 nitrogen and oxygen atoms in total. The summed E-state index contributed by atoms with van der Waals surface area (Å²) in [6.45, 7) is 13.6. The molecule has 21 heavy (non-hydrogen) atoms. The van der Waals surface area contributed by atoms with Crippen molar-refractivity contribution >= 4 is 0 Å². The average Bonchev–Trinajstić information content (AvgIpc) is 2.79. The summed E-state index contributed by atoms with van der Waals surface area (Å²) in [4.78, 5) is 2.59. The van der Waals surface area contributed by atoms with E-state index >= 15 is 0 Å². The number of hydrogen-bond donors (Lipinski definition) is 1. The Bertz CT molecular complexity index is 438. The maximum absolute atomic E-state index is 4.64. The highest BCUT2D eigenvalue weighted by molar-refractivity contribution is 5.23. The Kier molecular flexibility index (Phi) is 5.44. The number of aryl methyl sites for hydroxylation is 1. The SMILES string of the molecule is CC(CN1CCCCC1)NCc1cn(C)nc1C(C)(C)C. The van der Waals surface area contributed by atoms with Crippen LogP contribution in [0.3, 0.4) is 0 Å². The van der Waals surface area contributed by atoms with Crippen LogP contribution in [0.2, 0.25) is 0 Å². The van der Waals surface area contributed by atoms with Crippen molar-refractivity contribution in [3.8, 4) is 0 Å². The summed E-state index contributed by atoms with van der Waals surface area (Å²) in [6, 6.07) is 0.524. The summed E-state index contributed by atoms with van der Waals surface area (Å²) < 4.78 is 1.94. The maximum atomic E-state index is 4.64. The number of hydrogen-bond acceptors (Lipinski definition) is 3. The van der Waals surface area contributed by atoms with Crippen molar-refractivity contribution < 1.29 is 0 Å². The zero-order chi connectivity index (χ0) is 15.5. The van der Waals surface area contributed by atoms with Crippen LogP contribution >= 0.6 is 0 Å². The van der Waals surface area contributed by atoms with Crippen LogP contribution in [0.15, 0.2) is 6.20 Å². The standard InChI is InChI=1S/C17H32N4/c1-14(12-21-9-7-6-8-10-21)18-11-15-13-20(5)19-16(15)17(2,3)4/h13-14,18H,6-12H2,1-5H3. The first kappa shape index (κ1) is 16.5.